The highest BCUT2D eigenvalue weighted by Crippen LogP contribution is 1.99. The molecule has 0 atom stereocenters. The molecule has 1 rings (SSSR count). The molecule has 0 bridgehead atoms. The third-order valence-electron chi connectivity index (χ3n) is 1.43. The number of thiocarbonyl (C=S) groups is 1. The summed E-state index contributed by atoms with van der Waals surface area (Å²) in [6.07, 6.45) is 1.12. The fourth-order valence-corrected chi connectivity index (χ4v) is 0.832. The lowest BCUT2D eigenvalue weighted by Crippen LogP contribution is -2.25. The van der Waals surface area contributed by atoms with Crippen LogP contribution in [0.25, 0.3) is 0 Å². The van der Waals surface area contributed by atoms with E-state index in [-0.39, 0.29) is 10.9 Å². The van der Waals surface area contributed by atoms with Crippen LogP contribution >= 0.6 is 12.2 Å². The molecule has 0 saturated carbocycles. The highest BCUT2D eigenvalue weighted by Gasteiger charge is 1.98. The largest absolute Gasteiger partial charge is 0.375 e. The van der Waals surface area contributed by atoms with Crippen LogP contribution in [-0.4, -0.2) is 15.8 Å². The number of nitrogens with two attached hydrogens (primary N) is 1. The second-order valence-corrected chi connectivity index (χ2v) is 2.97. The van der Waals surface area contributed by atoms with Crippen molar-refractivity contribution in [3.63, 3.8) is 0 Å². The van der Waals surface area contributed by atoms with Gasteiger partial charge in [-0.15, -0.1) is 0 Å². The Morgan fingerprint density at radius 3 is 2.86 bits per heavy atom. The third-order valence-corrected chi connectivity index (χ3v) is 1.52. The zero-order valence-electron chi connectivity index (χ0n) is 7.49. The van der Waals surface area contributed by atoms with E-state index in [1.54, 1.807) is 6.92 Å². The molecule has 1 aromatic rings. The van der Waals surface area contributed by atoms with E-state index >= 15 is 0 Å². The number of aromatic nitrogens is 1. The molecular formula is C8H9FN4S. The van der Waals surface area contributed by atoms with E-state index in [2.05, 4.69) is 27.7 Å². The van der Waals surface area contributed by atoms with E-state index in [0.717, 1.165) is 6.20 Å². The van der Waals surface area contributed by atoms with E-state index in [0.29, 0.717) is 11.4 Å². The molecule has 0 aliphatic heterocycles. The molecule has 0 radical (unpaired) electrons. The number of halogens is 1. The van der Waals surface area contributed by atoms with Crippen LogP contribution in [0.3, 0.4) is 0 Å². The Morgan fingerprint density at radius 2 is 2.36 bits per heavy atom. The van der Waals surface area contributed by atoms with E-state index in [9.17, 15) is 4.39 Å². The molecule has 0 unspecified atom stereocenters. The molecule has 4 nitrogen and oxygen atoms in total. The van der Waals surface area contributed by atoms with Crippen molar-refractivity contribution in [2.75, 3.05) is 0 Å². The molecule has 0 aromatic carbocycles. The molecule has 6 heteroatoms. The first-order valence-electron chi connectivity index (χ1n) is 3.81. The number of pyridine rings is 1. The second kappa shape index (κ2) is 4.61. The van der Waals surface area contributed by atoms with Crippen molar-refractivity contribution in [3.8, 4) is 0 Å². The summed E-state index contributed by atoms with van der Waals surface area (Å²) in [5.74, 6) is -0.385. The Balaban J connectivity index is 2.78. The normalized spacial score (nSPS) is 11.1. The van der Waals surface area contributed by atoms with E-state index in [1.807, 2.05) is 0 Å². The highest BCUT2D eigenvalue weighted by atomic mass is 32.1. The van der Waals surface area contributed by atoms with Gasteiger partial charge >= 0.3 is 0 Å². The number of rotatable bonds is 2. The summed E-state index contributed by atoms with van der Waals surface area (Å²) in [4.78, 5) is 3.83. The van der Waals surface area contributed by atoms with Crippen molar-refractivity contribution >= 4 is 23.0 Å². The summed E-state index contributed by atoms with van der Waals surface area (Å²) >= 11 is 4.56. The van der Waals surface area contributed by atoms with Gasteiger partial charge in [0.25, 0.3) is 0 Å². The maximum atomic E-state index is 12.5. The van der Waals surface area contributed by atoms with Gasteiger partial charge in [0.05, 0.1) is 17.6 Å². The lowest BCUT2D eigenvalue weighted by molar-refractivity contribution is 0.621. The minimum absolute atomic E-state index is 0.0754. The van der Waals surface area contributed by atoms with Gasteiger partial charge < -0.3 is 5.73 Å². The Hall–Kier alpha value is -1.56. The van der Waals surface area contributed by atoms with Crippen molar-refractivity contribution in [2.45, 2.75) is 6.92 Å². The fourth-order valence-electron chi connectivity index (χ4n) is 0.786. The maximum absolute atomic E-state index is 12.5. The van der Waals surface area contributed by atoms with Crippen LogP contribution in [0, 0.1) is 5.82 Å². The lowest BCUT2D eigenvalue weighted by Gasteiger charge is -2.00. The molecule has 0 aliphatic rings. The molecule has 1 aromatic heterocycles. The summed E-state index contributed by atoms with van der Waals surface area (Å²) in [6, 6.07) is 2.83. The van der Waals surface area contributed by atoms with Gasteiger partial charge in [0.15, 0.2) is 5.11 Å². The quantitative estimate of drug-likeness (QED) is 0.432. The Labute approximate surface area is 86.0 Å². The van der Waals surface area contributed by atoms with Gasteiger partial charge in [-0.2, -0.15) is 5.10 Å². The molecule has 14 heavy (non-hydrogen) atoms. The first-order chi connectivity index (χ1) is 6.59. The van der Waals surface area contributed by atoms with Crippen LogP contribution in [0.2, 0.25) is 0 Å². The number of nitrogens with zero attached hydrogens (tertiary/aromatic N) is 2. The average molecular weight is 212 g/mol. The second-order valence-electron chi connectivity index (χ2n) is 2.53. The monoisotopic (exact) mass is 212 g/mol. The molecule has 3 N–H and O–H groups in total. The molecule has 74 valence electrons. The van der Waals surface area contributed by atoms with Gasteiger partial charge in [-0.05, 0) is 31.3 Å². The number of nitrogens with one attached hydrogen (secondary N) is 1. The van der Waals surface area contributed by atoms with E-state index in [1.165, 1.54) is 12.1 Å². The summed E-state index contributed by atoms with van der Waals surface area (Å²) in [5, 5.41) is 3.91. The zero-order valence-corrected chi connectivity index (χ0v) is 8.31. The molecule has 0 saturated heterocycles. The predicted molar refractivity (Wildman–Crippen MR) is 56.3 cm³/mol. The average Bonchev–Trinajstić information content (AvgIpc) is 2.15. The Bertz CT molecular complexity index is 360. The Kier molecular flexibility index (Phi) is 3.47. The molecule has 0 spiro atoms. The van der Waals surface area contributed by atoms with Crippen molar-refractivity contribution in [1.82, 2.24) is 10.4 Å². The molecular weight excluding hydrogens is 203 g/mol. The van der Waals surface area contributed by atoms with Crippen molar-refractivity contribution in [2.24, 2.45) is 10.8 Å². The van der Waals surface area contributed by atoms with Crippen LogP contribution in [0.15, 0.2) is 23.4 Å². The summed E-state index contributed by atoms with van der Waals surface area (Å²) in [7, 11) is 0. The van der Waals surface area contributed by atoms with Gasteiger partial charge in [-0.25, -0.2) is 4.39 Å². The van der Waals surface area contributed by atoms with Crippen molar-refractivity contribution in [1.29, 1.82) is 0 Å². The smallest absolute Gasteiger partial charge is 0.184 e. The van der Waals surface area contributed by atoms with Crippen molar-refractivity contribution in [3.05, 3.63) is 29.8 Å². The van der Waals surface area contributed by atoms with Crippen LogP contribution in [0.5, 0.6) is 0 Å². The number of hydrogen-bond donors (Lipinski definition) is 2. The van der Waals surface area contributed by atoms with Crippen LogP contribution in [-0.2, 0) is 0 Å². The summed E-state index contributed by atoms with van der Waals surface area (Å²) < 4.78 is 12.5. The number of hydrogen-bond acceptors (Lipinski definition) is 3. The topological polar surface area (TPSA) is 63.3 Å². The predicted octanol–water partition coefficient (Wildman–Crippen LogP) is 0.778. The first-order valence-corrected chi connectivity index (χ1v) is 4.22. The van der Waals surface area contributed by atoms with Gasteiger partial charge in [0.2, 0.25) is 0 Å². The Morgan fingerprint density at radius 1 is 1.64 bits per heavy atom. The van der Waals surface area contributed by atoms with Gasteiger partial charge in [-0.1, -0.05) is 0 Å². The maximum Gasteiger partial charge on any atom is 0.184 e. The third kappa shape index (κ3) is 3.06. The SMILES string of the molecule is C/C(=N/NC(N)=S)c1ccc(F)cn1. The van der Waals surface area contributed by atoms with Crippen LogP contribution in [0.4, 0.5) is 4.39 Å². The molecule has 0 amide bonds. The molecule has 1 heterocycles. The highest BCUT2D eigenvalue weighted by molar-refractivity contribution is 7.80. The van der Waals surface area contributed by atoms with E-state index in [4.69, 9.17) is 5.73 Å². The van der Waals surface area contributed by atoms with Crippen LogP contribution < -0.4 is 11.2 Å². The minimum Gasteiger partial charge on any atom is -0.375 e. The van der Waals surface area contributed by atoms with Crippen molar-refractivity contribution < 1.29 is 4.39 Å². The van der Waals surface area contributed by atoms with Gasteiger partial charge in [-0.3, -0.25) is 10.4 Å². The van der Waals surface area contributed by atoms with Gasteiger partial charge in [0.1, 0.15) is 5.82 Å². The fraction of sp³-hybridized carbons (Fsp3) is 0.125. The standard InChI is InChI=1S/C8H9FN4S/c1-5(12-13-8(10)14)7-3-2-6(9)4-11-7/h2-4H,1H3,(H3,10,13,14)/b12-5-. The summed E-state index contributed by atoms with van der Waals surface area (Å²) in [6.45, 7) is 1.71. The minimum atomic E-state index is -0.385. The molecule has 0 fully saturated rings. The zero-order chi connectivity index (χ0) is 10.6. The van der Waals surface area contributed by atoms with Crippen LogP contribution in [0.1, 0.15) is 12.6 Å². The van der Waals surface area contributed by atoms with Gasteiger partial charge in [0, 0.05) is 0 Å². The lowest BCUT2D eigenvalue weighted by atomic mass is 10.2. The van der Waals surface area contributed by atoms with E-state index < -0.39 is 0 Å². The molecule has 0 aliphatic carbocycles. The number of hydrazone groups is 1. The first kappa shape index (κ1) is 10.5. The summed E-state index contributed by atoms with van der Waals surface area (Å²) in [5.41, 5.74) is 8.74.